The van der Waals surface area contributed by atoms with Gasteiger partial charge in [-0.15, -0.1) is 0 Å². The number of nitrogens with one attached hydrogen (secondary N) is 1. The van der Waals surface area contributed by atoms with Crippen LogP contribution in [0.2, 0.25) is 0 Å². The van der Waals surface area contributed by atoms with Gasteiger partial charge in [0.2, 0.25) is 5.82 Å². The molecule has 4 aromatic rings. The summed E-state index contributed by atoms with van der Waals surface area (Å²) in [7, 11) is 1.55. The lowest BCUT2D eigenvalue weighted by Gasteiger charge is -2.09. The topological polar surface area (TPSA) is 103 Å². The van der Waals surface area contributed by atoms with Gasteiger partial charge in [0, 0.05) is 12.6 Å². The first-order valence-electron chi connectivity index (χ1n) is 8.31. The van der Waals surface area contributed by atoms with Crippen LogP contribution in [0.1, 0.15) is 18.9 Å². The maximum Gasteiger partial charge on any atom is 0.316 e. The molecule has 0 radical (unpaired) electrons. The van der Waals surface area contributed by atoms with Crippen molar-refractivity contribution in [2.45, 2.75) is 13.0 Å². The molecule has 2 heterocycles. The van der Waals surface area contributed by atoms with Crippen LogP contribution in [0.5, 0.6) is 5.75 Å². The first-order valence-corrected chi connectivity index (χ1v) is 8.31. The fourth-order valence-corrected chi connectivity index (χ4v) is 2.78. The van der Waals surface area contributed by atoms with Crippen molar-refractivity contribution in [1.82, 2.24) is 19.7 Å². The summed E-state index contributed by atoms with van der Waals surface area (Å²) in [6.07, 6.45) is -0.422. The number of para-hydroxylation sites is 1. The van der Waals surface area contributed by atoms with Crippen LogP contribution in [-0.4, -0.2) is 19.7 Å². The first-order chi connectivity index (χ1) is 13.0. The summed E-state index contributed by atoms with van der Waals surface area (Å²) >= 11 is 0. The normalized spacial score (nSPS) is 12.2. The molecule has 1 N–H and O–H groups in total. The fourth-order valence-electron chi connectivity index (χ4n) is 2.78. The van der Waals surface area contributed by atoms with Gasteiger partial charge in [-0.2, -0.15) is 4.98 Å². The lowest BCUT2D eigenvalue weighted by atomic mass is 10.2. The van der Waals surface area contributed by atoms with E-state index in [1.54, 1.807) is 25.2 Å². The highest BCUT2D eigenvalue weighted by molar-refractivity contribution is 5.79. The van der Waals surface area contributed by atoms with Crippen molar-refractivity contribution in [2.24, 2.45) is 7.05 Å². The molecule has 8 heteroatoms. The van der Waals surface area contributed by atoms with E-state index in [0.29, 0.717) is 34.1 Å². The summed E-state index contributed by atoms with van der Waals surface area (Å²) in [5, 5.41) is 3.99. The number of benzene rings is 2. The van der Waals surface area contributed by atoms with E-state index in [4.69, 9.17) is 9.26 Å². The van der Waals surface area contributed by atoms with Crippen LogP contribution in [0.4, 0.5) is 0 Å². The molecule has 2 aromatic carbocycles. The van der Waals surface area contributed by atoms with Gasteiger partial charge >= 0.3 is 11.1 Å². The standard InChI is InChI=1S/C19H16N4O4/c1-11(26-13-6-4-3-5-7-13)18-21-16(22-27-18)12-8-9-15-14(10-12)20-17(24)19(25)23(15)2/h3-11H,1-2H3,(H,20,24)/t11-/m0/s1. The van der Waals surface area contributed by atoms with Gasteiger partial charge in [0.05, 0.1) is 11.0 Å². The summed E-state index contributed by atoms with van der Waals surface area (Å²) in [6.45, 7) is 1.82. The predicted molar refractivity (Wildman–Crippen MR) is 98.6 cm³/mol. The molecular formula is C19H16N4O4. The Bertz CT molecular complexity index is 1220. The zero-order chi connectivity index (χ0) is 19.0. The molecule has 0 amide bonds. The van der Waals surface area contributed by atoms with Crippen LogP contribution in [0.25, 0.3) is 22.4 Å². The average Bonchev–Trinajstić information content (AvgIpc) is 3.17. The van der Waals surface area contributed by atoms with Crippen molar-refractivity contribution in [3.63, 3.8) is 0 Å². The second-order valence-electron chi connectivity index (χ2n) is 6.08. The summed E-state index contributed by atoms with van der Waals surface area (Å²) in [5.41, 5.74) is 0.482. The first kappa shape index (κ1) is 16.8. The van der Waals surface area contributed by atoms with Crippen molar-refractivity contribution in [3.8, 4) is 17.1 Å². The molecule has 0 saturated carbocycles. The number of aromatic amines is 1. The summed E-state index contributed by atoms with van der Waals surface area (Å²) < 4.78 is 12.4. The van der Waals surface area contributed by atoms with Crippen molar-refractivity contribution in [1.29, 1.82) is 0 Å². The van der Waals surface area contributed by atoms with E-state index in [1.165, 1.54) is 4.57 Å². The average molecular weight is 364 g/mol. The highest BCUT2D eigenvalue weighted by Gasteiger charge is 2.17. The number of ether oxygens (including phenoxy) is 1. The molecule has 0 aliphatic heterocycles. The molecule has 4 rings (SSSR count). The number of H-pyrrole nitrogens is 1. The van der Waals surface area contributed by atoms with Crippen LogP contribution in [0.3, 0.4) is 0 Å². The molecule has 0 aliphatic rings. The van der Waals surface area contributed by atoms with Gasteiger partial charge in [0.15, 0.2) is 6.10 Å². The van der Waals surface area contributed by atoms with Crippen LogP contribution >= 0.6 is 0 Å². The summed E-state index contributed by atoms with van der Waals surface area (Å²) in [5.74, 6) is 1.40. The SMILES string of the molecule is C[C@H](Oc1ccccc1)c1nc(-c2ccc3c(c2)[nH]c(=O)c(=O)n3C)no1. The van der Waals surface area contributed by atoms with E-state index >= 15 is 0 Å². The van der Waals surface area contributed by atoms with Gasteiger partial charge in [0.25, 0.3) is 5.89 Å². The van der Waals surface area contributed by atoms with E-state index in [2.05, 4.69) is 15.1 Å². The molecule has 0 saturated heterocycles. The van der Waals surface area contributed by atoms with Gasteiger partial charge in [-0.25, -0.2) is 0 Å². The van der Waals surface area contributed by atoms with Crippen molar-refractivity contribution >= 4 is 11.0 Å². The highest BCUT2D eigenvalue weighted by Crippen LogP contribution is 2.24. The third-order valence-corrected chi connectivity index (χ3v) is 4.21. The van der Waals surface area contributed by atoms with E-state index in [1.807, 2.05) is 37.3 Å². The smallest absolute Gasteiger partial charge is 0.316 e. The Balaban J connectivity index is 1.66. The number of rotatable bonds is 4. The largest absolute Gasteiger partial charge is 0.481 e. The molecular weight excluding hydrogens is 348 g/mol. The highest BCUT2D eigenvalue weighted by atomic mass is 16.5. The number of aryl methyl sites for hydroxylation is 1. The zero-order valence-electron chi connectivity index (χ0n) is 14.7. The molecule has 2 aromatic heterocycles. The second-order valence-corrected chi connectivity index (χ2v) is 6.08. The van der Waals surface area contributed by atoms with Crippen LogP contribution in [0.15, 0.2) is 62.6 Å². The Hall–Kier alpha value is -3.68. The Morgan fingerprint density at radius 3 is 2.70 bits per heavy atom. The molecule has 1 atom stereocenters. The quantitative estimate of drug-likeness (QED) is 0.558. The summed E-state index contributed by atoms with van der Waals surface area (Å²) in [4.78, 5) is 30.4. The van der Waals surface area contributed by atoms with E-state index < -0.39 is 17.2 Å². The Morgan fingerprint density at radius 1 is 1.15 bits per heavy atom. The molecule has 0 spiro atoms. The molecule has 8 nitrogen and oxygen atoms in total. The lowest BCUT2D eigenvalue weighted by molar-refractivity contribution is 0.176. The Morgan fingerprint density at radius 2 is 1.93 bits per heavy atom. The lowest BCUT2D eigenvalue weighted by Crippen LogP contribution is -2.34. The number of fused-ring (bicyclic) bond motifs is 1. The predicted octanol–water partition coefficient (Wildman–Crippen LogP) is 2.42. The molecule has 0 fully saturated rings. The molecule has 27 heavy (non-hydrogen) atoms. The van der Waals surface area contributed by atoms with E-state index in [0.717, 1.165) is 0 Å². The number of aromatic nitrogens is 4. The number of hydrogen-bond donors (Lipinski definition) is 1. The van der Waals surface area contributed by atoms with Crippen molar-refractivity contribution in [2.75, 3.05) is 0 Å². The maximum absolute atomic E-state index is 11.7. The van der Waals surface area contributed by atoms with Gasteiger partial charge < -0.3 is 18.8 Å². The maximum atomic E-state index is 11.7. The van der Waals surface area contributed by atoms with Gasteiger partial charge in [-0.1, -0.05) is 23.4 Å². The van der Waals surface area contributed by atoms with Crippen LogP contribution in [0, 0.1) is 0 Å². The minimum absolute atomic E-state index is 0.336. The van der Waals surface area contributed by atoms with Crippen LogP contribution in [-0.2, 0) is 7.05 Å². The molecule has 0 aliphatic carbocycles. The van der Waals surface area contributed by atoms with E-state index in [-0.39, 0.29) is 0 Å². The van der Waals surface area contributed by atoms with Crippen LogP contribution < -0.4 is 15.9 Å². The van der Waals surface area contributed by atoms with Gasteiger partial charge in [-0.05, 0) is 37.3 Å². The van der Waals surface area contributed by atoms with Crippen molar-refractivity contribution < 1.29 is 9.26 Å². The van der Waals surface area contributed by atoms with Crippen molar-refractivity contribution in [3.05, 3.63) is 75.1 Å². The zero-order valence-corrected chi connectivity index (χ0v) is 14.7. The minimum atomic E-state index is -0.680. The minimum Gasteiger partial charge on any atom is -0.481 e. The van der Waals surface area contributed by atoms with Gasteiger partial charge in [-0.3, -0.25) is 9.59 Å². The third-order valence-electron chi connectivity index (χ3n) is 4.21. The number of nitrogens with zero attached hydrogens (tertiary/aromatic N) is 3. The third kappa shape index (κ3) is 3.12. The Kier molecular flexibility index (Phi) is 4.08. The monoisotopic (exact) mass is 364 g/mol. The Labute approximate surface area is 153 Å². The molecule has 0 bridgehead atoms. The number of hydrogen-bond acceptors (Lipinski definition) is 6. The molecule has 136 valence electrons. The summed E-state index contributed by atoms with van der Waals surface area (Å²) in [6, 6.07) is 14.5. The molecule has 0 unspecified atom stereocenters. The van der Waals surface area contributed by atoms with E-state index in [9.17, 15) is 9.59 Å². The fraction of sp³-hybridized carbons (Fsp3) is 0.158. The van der Waals surface area contributed by atoms with Gasteiger partial charge in [0.1, 0.15) is 5.75 Å². The second kappa shape index (κ2) is 6.56.